The largest absolute Gasteiger partial charge is 0.346 e. The molecule has 31 heavy (non-hydrogen) atoms. The van der Waals surface area contributed by atoms with Crippen molar-refractivity contribution in [3.63, 3.8) is 0 Å². The number of hydrogen-bond acceptors (Lipinski definition) is 4. The van der Waals surface area contributed by atoms with E-state index in [9.17, 15) is 13.2 Å². The summed E-state index contributed by atoms with van der Waals surface area (Å²) in [5.41, 5.74) is 4.23. The lowest BCUT2D eigenvalue weighted by Gasteiger charge is -2.31. The molecule has 2 aliphatic rings. The van der Waals surface area contributed by atoms with E-state index in [1.807, 2.05) is 14.0 Å². The predicted octanol–water partition coefficient (Wildman–Crippen LogP) is 2.99. The molecular weight excluding hydrogens is 410 g/mol. The predicted molar refractivity (Wildman–Crippen MR) is 122 cm³/mol. The highest BCUT2D eigenvalue weighted by Crippen LogP contribution is 2.25. The van der Waals surface area contributed by atoms with Gasteiger partial charge in [0.15, 0.2) is 0 Å². The number of benzene rings is 2. The molecule has 0 unspecified atom stereocenters. The van der Waals surface area contributed by atoms with E-state index >= 15 is 0 Å². The van der Waals surface area contributed by atoms with Crippen LogP contribution in [0.3, 0.4) is 0 Å². The molecule has 1 N–H and O–H groups in total. The van der Waals surface area contributed by atoms with Crippen LogP contribution in [-0.4, -0.2) is 56.8 Å². The van der Waals surface area contributed by atoms with Gasteiger partial charge in [-0.3, -0.25) is 4.79 Å². The van der Waals surface area contributed by atoms with E-state index in [0.29, 0.717) is 31.7 Å². The molecule has 1 amide bonds. The summed E-state index contributed by atoms with van der Waals surface area (Å²) < 4.78 is 27.5. The van der Waals surface area contributed by atoms with Gasteiger partial charge in [-0.1, -0.05) is 24.3 Å². The van der Waals surface area contributed by atoms with Crippen LogP contribution >= 0.6 is 0 Å². The average Bonchev–Trinajstić information content (AvgIpc) is 2.79. The third-order valence-corrected chi connectivity index (χ3v) is 8.31. The Hall–Kier alpha value is -2.22. The highest BCUT2D eigenvalue weighted by Gasteiger charge is 2.28. The molecule has 0 spiro atoms. The number of nitrogens with zero attached hydrogens (tertiary/aromatic N) is 2. The fraction of sp³-hybridized carbons (Fsp3) is 0.458. The summed E-state index contributed by atoms with van der Waals surface area (Å²) in [6.45, 7) is 4.30. The number of carbonyl (C=O) groups excluding carboxylic acids is 1. The van der Waals surface area contributed by atoms with Crippen LogP contribution in [0, 0.1) is 0 Å². The van der Waals surface area contributed by atoms with Crippen molar-refractivity contribution in [3.05, 3.63) is 64.7 Å². The number of likely N-dealkylation sites (N-methyl/N-ethyl adjacent to an activating group) is 1. The molecule has 166 valence electrons. The van der Waals surface area contributed by atoms with Gasteiger partial charge in [-0.2, -0.15) is 4.31 Å². The lowest BCUT2D eigenvalue weighted by atomic mass is 9.89. The van der Waals surface area contributed by atoms with Gasteiger partial charge < -0.3 is 10.2 Å². The van der Waals surface area contributed by atoms with Crippen LogP contribution in [0.2, 0.25) is 0 Å². The second kappa shape index (κ2) is 9.10. The minimum atomic E-state index is -3.61. The van der Waals surface area contributed by atoms with Gasteiger partial charge in [0.2, 0.25) is 10.0 Å². The highest BCUT2D eigenvalue weighted by atomic mass is 32.2. The van der Waals surface area contributed by atoms with Crippen molar-refractivity contribution < 1.29 is 13.2 Å². The Balaban J connectivity index is 1.48. The first-order valence-corrected chi connectivity index (χ1v) is 12.5. The van der Waals surface area contributed by atoms with Crippen LogP contribution in [0.25, 0.3) is 0 Å². The molecule has 0 aromatic heterocycles. The highest BCUT2D eigenvalue weighted by molar-refractivity contribution is 7.89. The Morgan fingerprint density at radius 3 is 2.42 bits per heavy atom. The van der Waals surface area contributed by atoms with Gasteiger partial charge in [0.25, 0.3) is 5.91 Å². The third-order valence-electron chi connectivity index (χ3n) is 6.42. The minimum absolute atomic E-state index is 0.155. The van der Waals surface area contributed by atoms with Crippen molar-refractivity contribution in [2.24, 2.45) is 0 Å². The summed E-state index contributed by atoms with van der Waals surface area (Å²) in [7, 11) is -1.62. The molecule has 1 atom stereocenters. The topological polar surface area (TPSA) is 69.7 Å². The van der Waals surface area contributed by atoms with Crippen molar-refractivity contribution in [1.82, 2.24) is 14.5 Å². The summed E-state index contributed by atoms with van der Waals surface area (Å²) in [4.78, 5) is 15.2. The quantitative estimate of drug-likeness (QED) is 0.775. The van der Waals surface area contributed by atoms with E-state index in [1.165, 1.54) is 34.3 Å². The van der Waals surface area contributed by atoms with Crippen LogP contribution in [0.4, 0.5) is 0 Å². The first-order valence-electron chi connectivity index (χ1n) is 11.1. The summed E-state index contributed by atoms with van der Waals surface area (Å²) in [6.07, 6.45) is 4.68. The zero-order valence-corrected chi connectivity index (χ0v) is 19.1. The van der Waals surface area contributed by atoms with Crippen LogP contribution in [-0.2, 0) is 22.9 Å². The zero-order valence-electron chi connectivity index (χ0n) is 18.3. The lowest BCUT2D eigenvalue weighted by Crippen LogP contribution is -2.47. The van der Waals surface area contributed by atoms with Gasteiger partial charge in [-0.25, -0.2) is 8.42 Å². The Labute approximate surface area is 185 Å². The standard InChI is InChI=1S/C24H31N3O3S/c1-18(20-11-10-19-6-3-4-7-21(19)16-20)25-24(28)22-8-5-9-23(17-22)31(29,30)27-14-12-26(2)13-15-27/h5,8-11,16-18H,3-4,6-7,12-15H2,1-2H3,(H,25,28)/t18-/m0/s1. The number of sulfonamides is 1. The van der Waals surface area contributed by atoms with E-state index in [1.54, 1.807) is 18.2 Å². The smallest absolute Gasteiger partial charge is 0.251 e. The average molecular weight is 442 g/mol. The number of fused-ring (bicyclic) bond motifs is 1. The van der Waals surface area contributed by atoms with Gasteiger partial charge in [0, 0.05) is 31.7 Å². The second-order valence-electron chi connectivity index (χ2n) is 8.67. The summed E-state index contributed by atoms with van der Waals surface area (Å²) in [6, 6.07) is 12.7. The van der Waals surface area contributed by atoms with E-state index < -0.39 is 10.0 Å². The second-order valence-corrected chi connectivity index (χ2v) is 10.6. The number of hydrogen-bond donors (Lipinski definition) is 1. The SMILES string of the molecule is C[C@H](NC(=O)c1cccc(S(=O)(=O)N2CCN(C)CC2)c1)c1ccc2c(c1)CCCC2. The van der Waals surface area contributed by atoms with Crippen LogP contribution < -0.4 is 5.32 Å². The van der Waals surface area contributed by atoms with E-state index in [0.717, 1.165) is 18.4 Å². The van der Waals surface area contributed by atoms with Crippen LogP contribution in [0.15, 0.2) is 47.4 Å². The lowest BCUT2D eigenvalue weighted by molar-refractivity contribution is 0.0939. The number of piperazine rings is 1. The summed E-state index contributed by atoms with van der Waals surface area (Å²) >= 11 is 0. The molecule has 1 fully saturated rings. The van der Waals surface area contributed by atoms with E-state index in [4.69, 9.17) is 0 Å². The monoisotopic (exact) mass is 441 g/mol. The molecular formula is C24H31N3O3S. The normalized spacial score (nSPS) is 18.9. The van der Waals surface area contributed by atoms with Crippen LogP contribution in [0.5, 0.6) is 0 Å². The summed E-state index contributed by atoms with van der Waals surface area (Å²) in [5.74, 6) is -0.263. The molecule has 2 aromatic carbocycles. The Bertz CT molecular complexity index is 1060. The number of carbonyl (C=O) groups is 1. The first-order chi connectivity index (χ1) is 14.8. The molecule has 0 radical (unpaired) electrons. The molecule has 1 heterocycles. The van der Waals surface area contributed by atoms with E-state index in [-0.39, 0.29) is 16.8 Å². The molecule has 0 bridgehead atoms. The Morgan fingerprint density at radius 2 is 1.68 bits per heavy atom. The molecule has 4 rings (SSSR count). The maximum Gasteiger partial charge on any atom is 0.251 e. The van der Waals surface area contributed by atoms with E-state index in [2.05, 4.69) is 28.4 Å². The van der Waals surface area contributed by atoms with Crippen molar-refractivity contribution >= 4 is 15.9 Å². The molecule has 2 aromatic rings. The Kier molecular flexibility index (Phi) is 6.46. The van der Waals surface area contributed by atoms with Crippen molar-refractivity contribution in [2.75, 3.05) is 33.2 Å². The Morgan fingerprint density at radius 1 is 0.968 bits per heavy atom. The van der Waals surface area contributed by atoms with Gasteiger partial charge in [0.1, 0.15) is 0 Å². The molecule has 7 heteroatoms. The zero-order chi connectivity index (χ0) is 22.0. The van der Waals surface area contributed by atoms with Crippen LogP contribution in [0.1, 0.15) is 52.9 Å². The van der Waals surface area contributed by atoms with Crippen molar-refractivity contribution in [1.29, 1.82) is 0 Å². The van der Waals surface area contributed by atoms with Gasteiger partial charge in [-0.15, -0.1) is 0 Å². The molecule has 0 saturated carbocycles. The number of rotatable bonds is 5. The minimum Gasteiger partial charge on any atom is -0.346 e. The van der Waals surface area contributed by atoms with Gasteiger partial charge in [0.05, 0.1) is 10.9 Å². The maximum atomic E-state index is 13.0. The first kappa shape index (κ1) is 22.0. The fourth-order valence-electron chi connectivity index (χ4n) is 4.36. The molecule has 1 aliphatic heterocycles. The van der Waals surface area contributed by atoms with Crippen molar-refractivity contribution in [3.8, 4) is 0 Å². The number of nitrogens with one attached hydrogen (secondary N) is 1. The molecule has 1 saturated heterocycles. The number of aryl methyl sites for hydroxylation is 2. The summed E-state index contributed by atoms with van der Waals surface area (Å²) in [5, 5.41) is 3.03. The van der Waals surface area contributed by atoms with Gasteiger partial charge >= 0.3 is 0 Å². The number of amides is 1. The molecule has 6 nitrogen and oxygen atoms in total. The van der Waals surface area contributed by atoms with Gasteiger partial charge in [-0.05, 0) is 74.5 Å². The maximum absolute atomic E-state index is 13.0. The molecule has 1 aliphatic carbocycles. The fourth-order valence-corrected chi connectivity index (χ4v) is 5.83. The van der Waals surface area contributed by atoms with Crippen molar-refractivity contribution in [2.45, 2.75) is 43.5 Å². The third kappa shape index (κ3) is 4.84.